The first kappa shape index (κ1) is 21.6. The van der Waals surface area contributed by atoms with E-state index in [-0.39, 0.29) is 17.4 Å². The fraction of sp³-hybridized carbons (Fsp3) is 0.556. The maximum absolute atomic E-state index is 13.2. The molecular formula is C27H35N3O2. The highest BCUT2D eigenvalue weighted by molar-refractivity contribution is 5.98. The van der Waals surface area contributed by atoms with Crippen LogP contribution in [0.3, 0.4) is 0 Å². The summed E-state index contributed by atoms with van der Waals surface area (Å²) >= 11 is 0. The van der Waals surface area contributed by atoms with Crippen molar-refractivity contribution in [1.29, 1.82) is 0 Å². The fourth-order valence-corrected chi connectivity index (χ4v) is 5.85. The van der Waals surface area contributed by atoms with Crippen molar-refractivity contribution < 1.29 is 9.90 Å². The number of pyridine rings is 1. The van der Waals surface area contributed by atoms with Crippen molar-refractivity contribution >= 4 is 5.91 Å². The van der Waals surface area contributed by atoms with E-state index in [1.54, 1.807) is 0 Å². The molecule has 2 aliphatic heterocycles. The summed E-state index contributed by atoms with van der Waals surface area (Å²) in [4.78, 5) is 22.4. The zero-order chi connectivity index (χ0) is 22.3. The van der Waals surface area contributed by atoms with Gasteiger partial charge in [0.25, 0.3) is 5.91 Å². The number of amides is 1. The highest BCUT2D eigenvalue weighted by atomic mass is 16.3. The van der Waals surface area contributed by atoms with Crippen LogP contribution in [0.1, 0.15) is 78.3 Å². The lowest BCUT2D eigenvalue weighted by atomic mass is 9.74. The van der Waals surface area contributed by atoms with E-state index in [1.807, 2.05) is 4.90 Å². The number of aryl methyl sites for hydroxylation is 1. The third-order valence-corrected chi connectivity index (χ3v) is 8.13. The van der Waals surface area contributed by atoms with Gasteiger partial charge in [-0.3, -0.25) is 14.7 Å². The molecule has 0 unspecified atom stereocenters. The number of nitrogens with zero attached hydrogens (tertiary/aromatic N) is 3. The number of hydrogen-bond donors (Lipinski definition) is 1. The van der Waals surface area contributed by atoms with E-state index in [1.165, 1.54) is 5.56 Å². The summed E-state index contributed by atoms with van der Waals surface area (Å²) in [6.07, 6.45) is 5.68. The van der Waals surface area contributed by atoms with Gasteiger partial charge in [0.15, 0.2) is 0 Å². The normalized spacial score (nSPS) is 25.7. The number of rotatable bonds is 4. The van der Waals surface area contributed by atoms with Crippen molar-refractivity contribution in [3.63, 3.8) is 0 Å². The van der Waals surface area contributed by atoms with Crippen LogP contribution < -0.4 is 0 Å². The molecule has 1 aliphatic carbocycles. The largest absolute Gasteiger partial charge is 0.391 e. The molecule has 3 aliphatic rings. The van der Waals surface area contributed by atoms with Crippen LogP contribution in [0, 0.1) is 6.92 Å². The molecule has 170 valence electrons. The predicted molar refractivity (Wildman–Crippen MR) is 125 cm³/mol. The standard InChI is InChI=1S/C27H35N3O2/c1-19-20(17-29-14-12-27(2,13-15-29)21-8-4-3-5-9-21)16-22-23(28-19)18-30(26(22)32)24-10-6-7-11-25(24)31/h3-5,8-9,16,24-25,31H,6-7,10-15,17-18H2,1-2H3/t24-,25-/m0/s1. The molecule has 1 N–H and O–H groups in total. The summed E-state index contributed by atoms with van der Waals surface area (Å²) in [6.45, 7) is 7.93. The number of aliphatic hydroxyl groups excluding tert-OH is 1. The highest BCUT2D eigenvalue weighted by Crippen LogP contribution is 2.36. The van der Waals surface area contributed by atoms with Gasteiger partial charge in [-0.1, -0.05) is 50.1 Å². The Morgan fingerprint density at radius 1 is 1.12 bits per heavy atom. The van der Waals surface area contributed by atoms with E-state index >= 15 is 0 Å². The van der Waals surface area contributed by atoms with Crippen molar-refractivity contribution in [3.05, 3.63) is 64.5 Å². The lowest BCUT2D eigenvalue weighted by Gasteiger charge is -2.40. The summed E-state index contributed by atoms with van der Waals surface area (Å²) in [5, 5.41) is 10.5. The first-order valence-electron chi connectivity index (χ1n) is 12.2. The minimum atomic E-state index is -0.408. The molecule has 1 aromatic carbocycles. The van der Waals surface area contributed by atoms with Gasteiger partial charge in [-0.2, -0.15) is 0 Å². The van der Waals surface area contributed by atoms with Gasteiger partial charge in [0.2, 0.25) is 0 Å². The Balaban J connectivity index is 1.28. The second-order valence-electron chi connectivity index (χ2n) is 10.3. The number of hydrogen-bond acceptors (Lipinski definition) is 4. The van der Waals surface area contributed by atoms with E-state index in [0.717, 1.165) is 80.7 Å². The molecule has 0 bridgehead atoms. The zero-order valence-corrected chi connectivity index (χ0v) is 19.4. The minimum absolute atomic E-state index is 0.0509. The van der Waals surface area contributed by atoms with Gasteiger partial charge in [-0.25, -0.2) is 0 Å². The van der Waals surface area contributed by atoms with E-state index in [2.05, 4.69) is 55.1 Å². The maximum atomic E-state index is 13.2. The van der Waals surface area contributed by atoms with Crippen LogP contribution in [0.15, 0.2) is 36.4 Å². The molecule has 5 nitrogen and oxygen atoms in total. The molecule has 1 saturated heterocycles. The second-order valence-corrected chi connectivity index (χ2v) is 10.3. The van der Waals surface area contributed by atoms with E-state index < -0.39 is 6.10 Å². The molecule has 2 aromatic rings. The third-order valence-electron chi connectivity index (χ3n) is 8.13. The Bertz CT molecular complexity index is 982. The van der Waals surface area contributed by atoms with Crippen LogP contribution in [0.2, 0.25) is 0 Å². The van der Waals surface area contributed by atoms with Crippen molar-refractivity contribution in [1.82, 2.24) is 14.8 Å². The summed E-state index contributed by atoms with van der Waals surface area (Å²) in [6, 6.07) is 12.9. The van der Waals surface area contributed by atoms with Gasteiger partial charge in [0.1, 0.15) is 0 Å². The molecule has 5 rings (SSSR count). The number of carbonyl (C=O) groups is 1. The number of benzene rings is 1. The molecule has 0 radical (unpaired) electrons. The van der Waals surface area contributed by atoms with Crippen molar-refractivity contribution in [2.75, 3.05) is 13.1 Å². The van der Waals surface area contributed by atoms with Gasteiger partial charge in [-0.05, 0) is 68.3 Å². The Hall–Kier alpha value is -2.24. The average Bonchev–Trinajstić information content (AvgIpc) is 3.11. The molecule has 2 atom stereocenters. The molecule has 5 heteroatoms. The Kier molecular flexibility index (Phi) is 5.81. The van der Waals surface area contributed by atoms with Crippen molar-refractivity contribution in [3.8, 4) is 0 Å². The lowest BCUT2D eigenvalue weighted by molar-refractivity contribution is 0.0189. The molecule has 1 amide bonds. The van der Waals surface area contributed by atoms with Crippen LogP contribution >= 0.6 is 0 Å². The zero-order valence-electron chi connectivity index (χ0n) is 19.4. The van der Waals surface area contributed by atoms with E-state index in [0.29, 0.717) is 6.54 Å². The quantitative estimate of drug-likeness (QED) is 0.785. The maximum Gasteiger partial charge on any atom is 0.256 e. The van der Waals surface area contributed by atoms with Crippen LogP contribution in [0.5, 0.6) is 0 Å². The number of piperidine rings is 1. The smallest absolute Gasteiger partial charge is 0.256 e. The van der Waals surface area contributed by atoms with Crippen LogP contribution in [0.25, 0.3) is 0 Å². The lowest BCUT2D eigenvalue weighted by Crippen LogP contribution is -2.45. The summed E-state index contributed by atoms with van der Waals surface area (Å²) in [7, 11) is 0. The van der Waals surface area contributed by atoms with E-state index in [4.69, 9.17) is 4.98 Å². The summed E-state index contributed by atoms with van der Waals surface area (Å²) in [5.41, 5.74) is 5.48. The second kappa shape index (κ2) is 8.60. The molecule has 1 aromatic heterocycles. The highest BCUT2D eigenvalue weighted by Gasteiger charge is 2.38. The SMILES string of the molecule is Cc1nc2c(cc1CN1CCC(C)(c3ccccc3)CC1)C(=O)N([C@H]1CCCC[C@@H]1O)C2. The van der Waals surface area contributed by atoms with E-state index in [9.17, 15) is 9.90 Å². The Morgan fingerprint density at radius 2 is 1.84 bits per heavy atom. The van der Waals surface area contributed by atoms with Gasteiger partial charge in [0, 0.05) is 12.2 Å². The van der Waals surface area contributed by atoms with Crippen LogP contribution in [-0.4, -0.2) is 51.0 Å². The van der Waals surface area contributed by atoms with Crippen molar-refractivity contribution in [2.24, 2.45) is 0 Å². The topological polar surface area (TPSA) is 56.7 Å². The number of fused-ring (bicyclic) bond motifs is 1. The Labute approximate surface area is 191 Å². The van der Waals surface area contributed by atoms with Crippen LogP contribution in [-0.2, 0) is 18.5 Å². The Morgan fingerprint density at radius 3 is 2.56 bits per heavy atom. The van der Waals surface area contributed by atoms with Crippen molar-refractivity contribution in [2.45, 2.75) is 83.0 Å². The monoisotopic (exact) mass is 433 g/mol. The molecule has 32 heavy (non-hydrogen) atoms. The number of aliphatic hydroxyl groups is 1. The first-order chi connectivity index (χ1) is 15.4. The van der Waals surface area contributed by atoms with Gasteiger partial charge in [0.05, 0.1) is 29.9 Å². The first-order valence-corrected chi connectivity index (χ1v) is 12.2. The number of likely N-dealkylation sites (tertiary alicyclic amines) is 1. The number of carbonyl (C=O) groups excluding carboxylic acids is 1. The van der Waals surface area contributed by atoms with Gasteiger partial charge < -0.3 is 10.0 Å². The van der Waals surface area contributed by atoms with Gasteiger partial charge >= 0.3 is 0 Å². The molecule has 1 saturated carbocycles. The third kappa shape index (κ3) is 3.97. The van der Waals surface area contributed by atoms with Crippen LogP contribution in [0.4, 0.5) is 0 Å². The number of aromatic nitrogens is 1. The molecule has 3 heterocycles. The molecule has 2 fully saturated rings. The minimum Gasteiger partial charge on any atom is -0.391 e. The molecule has 0 spiro atoms. The predicted octanol–water partition coefficient (Wildman–Crippen LogP) is 4.20. The summed E-state index contributed by atoms with van der Waals surface area (Å²) < 4.78 is 0. The summed E-state index contributed by atoms with van der Waals surface area (Å²) in [5.74, 6) is 0.0509. The van der Waals surface area contributed by atoms with Gasteiger partial charge in [-0.15, -0.1) is 0 Å². The fourth-order valence-electron chi connectivity index (χ4n) is 5.85. The molecular weight excluding hydrogens is 398 g/mol. The average molecular weight is 434 g/mol.